The van der Waals surface area contributed by atoms with Gasteiger partial charge < -0.3 is 9.51 Å². The van der Waals surface area contributed by atoms with Gasteiger partial charge in [0.25, 0.3) is 0 Å². The lowest BCUT2D eigenvalue weighted by Crippen LogP contribution is -2.06. The Labute approximate surface area is 98.5 Å². The monoisotopic (exact) mass is 234 g/mol. The molecule has 0 radical (unpaired) electrons. The minimum atomic E-state index is 0.301. The van der Waals surface area contributed by atoms with Crippen LogP contribution in [-0.2, 0) is 0 Å². The highest BCUT2D eigenvalue weighted by molar-refractivity contribution is 7.99. The van der Waals surface area contributed by atoms with E-state index in [2.05, 4.69) is 9.38 Å². The third-order valence-electron chi connectivity index (χ3n) is 3.01. The van der Waals surface area contributed by atoms with Crippen LogP contribution in [0.5, 0.6) is 5.75 Å². The molecule has 1 aliphatic heterocycles. The van der Waals surface area contributed by atoms with Crippen LogP contribution >= 0.6 is 11.8 Å². The quantitative estimate of drug-likeness (QED) is 0.824. The van der Waals surface area contributed by atoms with Crippen molar-refractivity contribution in [2.45, 2.75) is 24.5 Å². The van der Waals surface area contributed by atoms with Gasteiger partial charge in [0.05, 0.1) is 17.0 Å². The average molecular weight is 234 g/mol. The normalized spacial score (nSPS) is 21.4. The number of nitrogens with zero attached hydrogens (tertiary/aromatic N) is 2. The summed E-state index contributed by atoms with van der Waals surface area (Å²) in [4.78, 5) is 4.49. The first kappa shape index (κ1) is 10.0. The molecule has 3 rings (SSSR count). The number of aromatic hydroxyl groups is 1. The number of aromatic nitrogens is 2. The molecule has 0 amide bonds. The standard InChI is InChI=1S/C12H14N2OS/c15-10-4-5-14-9(7-10)8-13-12(14)11-3-1-2-6-16-11/h4-5,7-8,11,15H,1-3,6H2. The first-order chi connectivity index (χ1) is 7.84. The van der Waals surface area contributed by atoms with Crippen LogP contribution in [0.15, 0.2) is 24.5 Å². The largest absolute Gasteiger partial charge is 0.508 e. The summed E-state index contributed by atoms with van der Waals surface area (Å²) in [6.07, 6.45) is 7.58. The second-order valence-corrected chi connectivity index (χ2v) is 5.46. The molecule has 3 heterocycles. The second kappa shape index (κ2) is 4.01. The Balaban J connectivity index is 2.03. The predicted molar refractivity (Wildman–Crippen MR) is 65.9 cm³/mol. The topological polar surface area (TPSA) is 37.5 Å². The van der Waals surface area contributed by atoms with Crippen LogP contribution in [-0.4, -0.2) is 20.2 Å². The molecule has 3 nitrogen and oxygen atoms in total. The van der Waals surface area contributed by atoms with Crippen molar-refractivity contribution >= 4 is 17.3 Å². The molecular formula is C12H14N2OS. The Morgan fingerprint density at radius 3 is 3.19 bits per heavy atom. The van der Waals surface area contributed by atoms with Gasteiger partial charge in [-0.3, -0.25) is 0 Å². The molecule has 0 aliphatic carbocycles. The van der Waals surface area contributed by atoms with Crippen LogP contribution in [0, 0.1) is 0 Å². The Morgan fingerprint density at radius 1 is 1.44 bits per heavy atom. The van der Waals surface area contributed by atoms with Crippen molar-refractivity contribution < 1.29 is 5.11 Å². The number of thioether (sulfide) groups is 1. The van der Waals surface area contributed by atoms with Gasteiger partial charge in [-0.15, -0.1) is 0 Å². The zero-order valence-electron chi connectivity index (χ0n) is 8.97. The number of hydrogen-bond acceptors (Lipinski definition) is 3. The summed E-state index contributed by atoms with van der Waals surface area (Å²) in [6, 6.07) is 3.47. The molecular weight excluding hydrogens is 220 g/mol. The average Bonchev–Trinajstić information content (AvgIpc) is 2.73. The molecule has 1 N–H and O–H groups in total. The van der Waals surface area contributed by atoms with Gasteiger partial charge in [-0.05, 0) is 24.7 Å². The highest BCUT2D eigenvalue weighted by atomic mass is 32.2. The molecule has 1 unspecified atom stereocenters. The molecule has 0 saturated carbocycles. The lowest BCUT2D eigenvalue weighted by molar-refractivity contribution is 0.475. The van der Waals surface area contributed by atoms with Crippen molar-refractivity contribution in [1.82, 2.24) is 9.38 Å². The van der Waals surface area contributed by atoms with Crippen LogP contribution in [0.3, 0.4) is 0 Å². The van der Waals surface area contributed by atoms with Crippen molar-refractivity contribution in [2.24, 2.45) is 0 Å². The van der Waals surface area contributed by atoms with E-state index in [4.69, 9.17) is 0 Å². The highest BCUT2D eigenvalue weighted by Crippen LogP contribution is 2.37. The minimum Gasteiger partial charge on any atom is -0.508 e. The highest BCUT2D eigenvalue weighted by Gasteiger charge is 2.20. The summed E-state index contributed by atoms with van der Waals surface area (Å²) in [6.45, 7) is 0. The van der Waals surface area contributed by atoms with E-state index in [-0.39, 0.29) is 0 Å². The van der Waals surface area contributed by atoms with Gasteiger partial charge in [-0.25, -0.2) is 4.98 Å². The minimum absolute atomic E-state index is 0.301. The van der Waals surface area contributed by atoms with Crippen molar-refractivity contribution in [3.63, 3.8) is 0 Å². The number of rotatable bonds is 1. The molecule has 2 aromatic heterocycles. The Morgan fingerprint density at radius 2 is 2.38 bits per heavy atom. The fraction of sp³-hybridized carbons (Fsp3) is 0.417. The molecule has 1 fully saturated rings. The molecule has 2 aromatic rings. The fourth-order valence-electron chi connectivity index (χ4n) is 2.19. The van der Waals surface area contributed by atoms with Crippen LogP contribution < -0.4 is 0 Å². The van der Waals surface area contributed by atoms with Gasteiger partial charge in [0.2, 0.25) is 0 Å². The Hall–Kier alpha value is -1.16. The molecule has 4 heteroatoms. The summed E-state index contributed by atoms with van der Waals surface area (Å²) in [5.41, 5.74) is 0.973. The van der Waals surface area contributed by atoms with Gasteiger partial charge in [-0.1, -0.05) is 6.42 Å². The van der Waals surface area contributed by atoms with E-state index in [1.54, 1.807) is 12.1 Å². The van der Waals surface area contributed by atoms with E-state index in [1.165, 1.54) is 25.0 Å². The van der Waals surface area contributed by atoms with Crippen molar-refractivity contribution in [3.05, 3.63) is 30.4 Å². The smallest absolute Gasteiger partial charge is 0.126 e. The molecule has 1 atom stereocenters. The van der Waals surface area contributed by atoms with Crippen LogP contribution in [0.25, 0.3) is 5.52 Å². The molecule has 0 aromatic carbocycles. The summed E-state index contributed by atoms with van der Waals surface area (Å²) in [5, 5.41) is 9.92. The maximum atomic E-state index is 9.40. The molecule has 0 bridgehead atoms. The molecule has 0 spiro atoms. The Kier molecular flexibility index (Phi) is 2.52. The van der Waals surface area contributed by atoms with E-state index >= 15 is 0 Å². The van der Waals surface area contributed by atoms with Crippen molar-refractivity contribution in [3.8, 4) is 5.75 Å². The summed E-state index contributed by atoms with van der Waals surface area (Å²) in [5.74, 6) is 2.66. The van der Waals surface area contributed by atoms with Gasteiger partial charge in [0.1, 0.15) is 11.6 Å². The first-order valence-electron chi connectivity index (χ1n) is 5.62. The number of pyridine rings is 1. The van der Waals surface area contributed by atoms with Crippen LogP contribution in [0.2, 0.25) is 0 Å². The third kappa shape index (κ3) is 1.67. The van der Waals surface area contributed by atoms with E-state index < -0.39 is 0 Å². The number of hydrogen-bond donors (Lipinski definition) is 1. The summed E-state index contributed by atoms with van der Waals surface area (Å²) >= 11 is 1.99. The summed E-state index contributed by atoms with van der Waals surface area (Å²) in [7, 11) is 0. The fourth-order valence-corrected chi connectivity index (χ4v) is 3.50. The van der Waals surface area contributed by atoms with Gasteiger partial charge in [0.15, 0.2) is 0 Å². The first-order valence-corrected chi connectivity index (χ1v) is 6.67. The van der Waals surface area contributed by atoms with E-state index in [1.807, 2.05) is 24.2 Å². The molecule has 16 heavy (non-hydrogen) atoms. The van der Waals surface area contributed by atoms with Crippen LogP contribution in [0.1, 0.15) is 30.3 Å². The van der Waals surface area contributed by atoms with E-state index in [0.717, 1.165) is 11.3 Å². The van der Waals surface area contributed by atoms with Crippen molar-refractivity contribution in [1.29, 1.82) is 0 Å². The van der Waals surface area contributed by atoms with Crippen LogP contribution in [0.4, 0.5) is 0 Å². The lowest BCUT2D eigenvalue weighted by atomic mass is 10.2. The number of fused-ring (bicyclic) bond motifs is 1. The maximum absolute atomic E-state index is 9.40. The lowest BCUT2D eigenvalue weighted by Gasteiger charge is -2.20. The van der Waals surface area contributed by atoms with Gasteiger partial charge >= 0.3 is 0 Å². The zero-order chi connectivity index (χ0) is 11.0. The zero-order valence-corrected chi connectivity index (χ0v) is 9.78. The maximum Gasteiger partial charge on any atom is 0.126 e. The molecule has 84 valence electrons. The second-order valence-electron chi connectivity index (χ2n) is 4.15. The Bertz CT molecular complexity index is 503. The van der Waals surface area contributed by atoms with E-state index in [0.29, 0.717) is 11.0 Å². The third-order valence-corrected chi connectivity index (χ3v) is 4.39. The number of imidazole rings is 1. The molecule has 1 aliphatic rings. The van der Waals surface area contributed by atoms with Crippen molar-refractivity contribution in [2.75, 3.05) is 5.75 Å². The van der Waals surface area contributed by atoms with Gasteiger partial charge in [0, 0.05) is 12.3 Å². The predicted octanol–water partition coefficient (Wildman–Crippen LogP) is 3.00. The SMILES string of the molecule is Oc1ccn2c(C3CCCCS3)ncc2c1. The molecule has 1 saturated heterocycles. The van der Waals surface area contributed by atoms with Gasteiger partial charge in [-0.2, -0.15) is 11.8 Å². The van der Waals surface area contributed by atoms with E-state index in [9.17, 15) is 5.11 Å². The summed E-state index contributed by atoms with van der Waals surface area (Å²) < 4.78 is 2.09.